The van der Waals surface area contributed by atoms with Gasteiger partial charge in [0.05, 0.1) is 10.2 Å². The van der Waals surface area contributed by atoms with Crippen LogP contribution in [0.5, 0.6) is 0 Å². The Kier molecular flexibility index (Phi) is 4.62. The Morgan fingerprint density at radius 3 is 2.79 bits per heavy atom. The highest BCUT2D eigenvalue weighted by atomic mass is 35.5. The molecular weight excluding hydrogens is 346 g/mol. The van der Waals surface area contributed by atoms with E-state index in [0.717, 1.165) is 26.9 Å². The van der Waals surface area contributed by atoms with Gasteiger partial charge >= 0.3 is 6.09 Å². The quantitative estimate of drug-likeness (QED) is 0.749. The van der Waals surface area contributed by atoms with Crippen LogP contribution in [0, 0.1) is 0 Å². The number of fused-ring (bicyclic) bond motifs is 1. The molecule has 0 unspecified atom stereocenters. The molecule has 1 atom stereocenters. The van der Waals surface area contributed by atoms with E-state index in [-0.39, 0.29) is 12.1 Å². The molecule has 0 saturated carbocycles. The normalized spacial score (nSPS) is 19.0. The molecule has 1 aliphatic heterocycles. The highest BCUT2D eigenvalue weighted by Gasteiger charge is 2.31. The molecule has 5 nitrogen and oxygen atoms in total. The lowest BCUT2D eigenvalue weighted by atomic mass is 10.2. The molecule has 3 rings (SSSR count). The molecule has 2 aromatic rings. The number of carbonyl (C=O) groups excluding carboxylic acids is 1. The molecule has 0 spiro atoms. The summed E-state index contributed by atoms with van der Waals surface area (Å²) in [4.78, 5) is 21.0. The van der Waals surface area contributed by atoms with Crippen LogP contribution in [0.2, 0.25) is 5.02 Å². The molecular formula is C17H22ClN3O2S. The summed E-state index contributed by atoms with van der Waals surface area (Å²) in [5.41, 5.74) is 0.491. The van der Waals surface area contributed by atoms with Gasteiger partial charge in [0.1, 0.15) is 5.60 Å². The van der Waals surface area contributed by atoms with Gasteiger partial charge in [-0.15, -0.1) is 0 Å². The molecule has 130 valence electrons. The first-order valence-electron chi connectivity index (χ1n) is 8.03. The van der Waals surface area contributed by atoms with Gasteiger partial charge in [-0.05, 0) is 45.9 Å². The number of aromatic nitrogens is 1. The molecule has 1 aromatic carbocycles. The SMILES string of the molecule is C[C@@H]1CN(C(=O)OC(C)(C)C)CCN1c1nc2ccc(Cl)cc2s1. The topological polar surface area (TPSA) is 45.7 Å². The standard InChI is InChI=1S/C17H22ClN3O2S/c1-11-10-20(16(22)23-17(2,3)4)7-8-21(11)15-19-13-6-5-12(18)9-14(13)24-15/h5-6,9,11H,7-8,10H2,1-4H3/t11-/m1/s1. The fraction of sp³-hybridized carbons (Fsp3) is 0.529. The molecule has 1 amide bonds. The van der Waals surface area contributed by atoms with Gasteiger partial charge in [-0.1, -0.05) is 22.9 Å². The highest BCUT2D eigenvalue weighted by Crippen LogP contribution is 2.32. The van der Waals surface area contributed by atoms with Gasteiger partial charge in [0, 0.05) is 30.7 Å². The Morgan fingerprint density at radius 2 is 2.12 bits per heavy atom. The number of benzene rings is 1. The molecule has 24 heavy (non-hydrogen) atoms. The smallest absolute Gasteiger partial charge is 0.410 e. The number of piperazine rings is 1. The Labute approximate surface area is 151 Å². The van der Waals surface area contributed by atoms with Gasteiger partial charge < -0.3 is 14.5 Å². The number of carbonyl (C=O) groups is 1. The molecule has 1 aliphatic rings. The summed E-state index contributed by atoms with van der Waals surface area (Å²) in [7, 11) is 0. The Morgan fingerprint density at radius 1 is 1.38 bits per heavy atom. The molecule has 1 aromatic heterocycles. The minimum Gasteiger partial charge on any atom is -0.444 e. The number of halogens is 1. The van der Waals surface area contributed by atoms with Crippen molar-refractivity contribution in [1.29, 1.82) is 0 Å². The van der Waals surface area contributed by atoms with Crippen molar-refractivity contribution < 1.29 is 9.53 Å². The zero-order valence-electron chi connectivity index (χ0n) is 14.4. The predicted octanol–water partition coefficient (Wildman–Crippen LogP) is 4.40. The van der Waals surface area contributed by atoms with Gasteiger partial charge in [0.2, 0.25) is 0 Å². The highest BCUT2D eigenvalue weighted by molar-refractivity contribution is 7.22. The van der Waals surface area contributed by atoms with Crippen molar-refractivity contribution in [2.45, 2.75) is 39.3 Å². The van der Waals surface area contributed by atoms with Gasteiger partial charge in [0.15, 0.2) is 5.13 Å². The Bertz CT molecular complexity index is 756. The summed E-state index contributed by atoms with van der Waals surface area (Å²) >= 11 is 7.69. The summed E-state index contributed by atoms with van der Waals surface area (Å²) in [6.07, 6.45) is -0.245. The number of rotatable bonds is 1. The lowest BCUT2D eigenvalue weighted by molar-refractivity contribution is 0.0219. The van der Waals surface area contributed by atoms with Gasteiger partial charge in [0.25, 0.3) is 0 Å². The second kappa shape index (κ2) is 6.41. The van der Waals surface area contributed by atoms with Gasteiger partial charge in [-0.3, -0.25) is 0 Å². The number of hydrogen-bond acceptors (Lipinski definition) is 5. The monoisotopic (exact) mass is 367 g/mol. The van der Waals surface area contributed by atoms with Gasteiger partial charge in [-0.25, -0.2) is 9.78 Å². The number of ether oxygens (including phenoxy) is 1. The fourth-order valence-corrected chi connectivity index (χ4v) is 4.11. The van der Waals surface area contributed by atoms with E-state index in [0.29, 0.717) is 13.1 Å². The largest absolute Gasteiger partial charge is 0.444 e. The number of nitrogens with zero attached hydrogens (tertiary/aromatic N) is 3. The zero-order chi connectivity index (χ0) is 17.5. The number of thiazole rings is 1. The maximum Gasteiger partial charge on any atom is 0.410 e. The summed E-state index contributed by atoms with van der Waals surface area (Å²) in [6, 6.07) is 5.93. The second-order valence-corrected chi connectivity index (χ2v) is 8.52. The van der Waals surface area contributed by atoms with Crippen LogP contribution in [-0.2, 0) is 4.74 Å². The van der Waals surface area contributed by atoms with Crippen molar-refractivity contribution in [1.82, 2.24) is 9.88 Å². The van der Waals surface area contributed by atoms with Gasteiger partial charge in [-0.2, -0.15) is 0 Å². The van der Waals surface area contributed by atoms with Crippen LogP contribution in [0.3, 0.4) is 0 Å². The minimum atomic E-state index is -0.468. The van der Waals surface area contributed by atoms with E-state index in [1.165, 1.54) is 0 Å². The van der Waals surface area contributed by atoms with Crippen LogP contribution in [0.15, 0.2) is 18.2 Å². The summed E-state index contributed by atoms with van der Waals surface area (Å²) in [6.45, 7) is 9.77. The first-order chi connectivity index (χ1) is 11.2. The van der Waals surface area contributed by atoms with Crippen LogP contribution in [0.1, 0.15) is 27.7 Å². The summed E-state index contributed by atoms with van der Waals surface area (Å²) < 4.78 is 6.55. The van der Waals surface area contributed by atoms with E-state index in [1.807, 2.05) is 39.0 Å². The number of hydrogen-bond donors (Lipinski definition) is 0. The average Bonchev–Trinajstić information content (AvgIpc) is 2.87. The third-order valence-electron chi connectivity index (χ3n) is 3.86. The zero-order valence-corrected chi connectivity index (χ0v) is 15.9. The van der Waals surface area contributed by atoms with Crippen LogP contribution in [0.25, 0.3) is 10.2 Å². The molecule has 7 heteroatoms. The molecule has 0 aliphatic carbocycles. The number of anilines is 1. The molecule has 1 saturated heterocycles. The van der Waals surface area contributed by atoms with Crippen molar-refractivity contribution in [3.63, 3.8) is 0 Å². The summed E-state index contributed by atoms with van der Waals surface area (Å²) in [5.74, 6) is 0. The Balaban J connectivity index is 1.72. The van der Waals surface area contributed by atoms with Crippen molar-refractivity contribution >= 4 is 44.4 Å². The first-order valence-corrected chi connectivity index (χ1v) is 9.23. The molecule has 1 fully saturated rings. The number of amides is 1. The van der Waals surface area contributed by atoms with E-state index < -0.39 is 5.60 Å². The van der Waals surface area contributed by atoms with E-state index in [1.54, 1.807) is 16.2 Å². The minimum absolute atomic E-state index is 0.183. The summed E-state index contributed by atoms with van der Waals surface area (Å²) in [5, 5.41) is 1.70. The van der Waals surface area contributed by atoms with E-state index >= 15 is 0 Å². The fourth-order valence-electron chi connectivity index (χ4n) is 2.74. The van der Waals surface area contributed by atoms with E-state index in [9.17, 15) is 4.79 Å². The molecule has 0 bridgehead atoms. The predicted molar refractivity (Wildman–Crippen MR) is 99.2 cm³/mol. The average molecular weight is 368 g/mol. The molecule has 0 radical (unpaired) electrons. The van der Waals surface area contributed by atoms with Crippen LogP contribution >= 0.6 is 22.9 Å². The van der Waals surface area contributed by atoms with Crippen molar-refractivity contribution in [3.05, 3.63) is 23.2 Å². The van der Waals surface area contributed by atoms with E-state index in [4.69, 9.17) is 21.3 Å². The maximum absolute atomic E-state index is 12.2. The van der Waals surface area contributed by atoms with Crippen LogP contribution in [0.4, 0.5) is 9.93 Å². The lowest BCUT2D eigenvalue weighted by Crippen LogP contribution is -2.54. The van der Waals surface area contributed by atoms with Crippen LogP contribution in [-0.4, -0.2) is 47.3 Å². The van der Waals surface area contributed by atoms with Crippen molar-refractivity contribution in [2.24, 2.45) is 0 Å². The third-order valence-corrected chi connectivity index (χ3v) is 5.15. The maximum atomic E-state index is 12.2. The van der Waals surface area contributed by atoms with Crippen molar-refractivity contribution in [2.75, 3.05) is 24.5 Å². The second-order valence-electron chi connectivity index (χ2n) is 7.08. The third kappa shape index (κ3) is 3.75. The van der Waals surface area contributed by atoms with E-state index in [2.05, 4.69) is 11.8 Å². The lowest BCUT2D eigenvalue weighted by Gasteiger charge is -2.40. The van der Waals surface area contributed by atoms with Crippen molar-refractivity contribution in [3.8, 4) is 0 Å². The molecule has 2 heterocycles. The van der Waals surface area contributed by atoms with Crippen LogP contribution < -0.4 is 4.90 Å². The molecule has 0 N–H and O–H groups in total. The Hall–Kier alpha value is -1.53. The first kappa shape index (κ1) is 17.3.